The molecule has 0 bridgehead atoms. The van der Waals surface area contributed by atoms with Crippen LogP contribution >= 0.6 is 0 Å². The quantitative estimate of drug-likeness (QED) is 0.826. The molecular weight excluding hydrogens is 380 g/mol. The Morgan fingerprint density at radius 3 is 2.20 bits per heavy atom. The van der Waals surface area contributed by atoms with Gasteiger partial charge in [-0.2, -0.15) is 0 Å². The standard InChI is InChI=1S/C23H26N4O3/c28-21(24-19-8-10-20(11-9-19)27-12-4-7-22(27)29)17-25-13-15-26(16-14-25)23(30)18-5-2-1-3-6-18/h1-3,5-6,8-11H,4,7,12-17H2,(H,24,28). The van der Waals surface area contributed by atoms with E-state index in [-0.39, 0.29) is 17.7 Å². The second-order valence-electron chi connectivity index (χ2n) is 7.68. The maximum atomic E-state index is 12.5. The molecule has 2 saturated heterocycles. The monoisotopic (exact) mass is 406 g/mol. The third-order valence-electron chi connectivity index (χ3n) is 5.58. The number of rotatable bonds is 5. The molecule has 3 amide bonds. The molecule has 0 unspecified atom stereocenters. The average Bonchev–Trinajstić information content (AvgIpc) is 3.21. The minimum absolute atomic E-state index is 0.0382. The van der Waals surface area contributed by atoms with Crippen LogP contribution in [0.3, 0.4) is 0 Å². The highest BCUT2D eigenvalue weighted by atomic mass is 16.2. The van der Waals surface area contributed by atoms with Crippen LogP contribution in [0.5, 0.6) is 0 Å². The van der Waals surface area contributed by atoms with Crippen LogP contribution in [0.25, 0.3) is 0 Å². The van der Waals surface area contributed by atoms with Crippen LogP contribution in [0.15, 0.2) is 54.6 Å². The summed E-state index contributed by atoms with van der Waals surface area (Å²) in [5.74, 6) is 0.107. The van der Waals surface area contributed by atoms with E-state index in [4.69, 9.17) is 0 Å². The smallest absolute Gasteiger partial charge is 0.253 e. The fourth-order valence-corrected chi connectivity index (χ4v) is 3.92. The molecular formula is C23H26N4O3. The maximum absolute atomic E-state index is 12.5. The molecule has 0 aromatic heterocycles. The lowest BCUT2D eigenvalue weighted by atomic mass is 10.2. The van der Waals surface area contributed by atoms with Gasteiger partial charge in [0.05, 0.1) is 6.54 Å². The van der Waals surface area contributed by atoms with Gasteiger partial charge in [0.15, 0.2) is 0 Å². The summed E-state index contributed by atoms with van der Waals surface area (Å²) in [6, 6.07) is 16.7. The molecule has 0 spiro atoms. The minimum atomic E-state index is -0.0807. The summed E-state index contributed by atoms with van der Waals surface area (Å²) in [5, 5.41) is 2.91. The number of piperazine rings is 1. The van der Waals surface area contributed by atoms with Crippen molar-refractivity contribution in [1.29, 1.82) is 0 Å². The second-order valence-corrected chi connectivity index (χ2v) is 7.68. The molecule has 0 saturated carbocycles. The first-order valence-electron chi connectivity index (χ1n) is 10.4. The molecule has 156 valence electrons. The lowest BCUT2D eigenvalue weighted by Crippen LogP contribution is -2.50. The minimum Gasteiger partial charge on any atom is -0.336 e. The molecule has 30 heavy (non-hydrogen) atoms. The molecule has 7 heteroatoms. The molecule has 2 aromatic carbocycles. The lowest BCUT2D eigenvalue weighted by molar-refractivity contribution is -0.118. The van der Waals surface area contributed by atoms with Gasteiger partial charge in [-0.05, 0) is 42.8 Å². The molecule has 2 heterocycles. The highest BCUT2D eigenvalue weighted by Gasteiger charge is 2.24. The summed E-state index contributed by atoms with van der Waals surface area (Å²) >= 11 is 0. The fourth-order valence-electron chi connectivity index (χ4n) is 3.92. The van der Waals surface area contributed by atoms with Crippen molar-refractivity contribution in [3.63, 3.8) is 0 Å². The Hall–Kier alpha value is -3.19. The Kier molecular flexibility index (Phi) is 6.09. The first-order valence-corrected chi connectivity index (χ1v) is 10.4. The van der Waals surface area contributed by atoms with Crippen molar-refractivity contribution in [2.24, 2.45) is 0 Å². The summed E-state index contributed by atoms with van der Waals surface area (Å²) in [4.78, 5) is 42.4. The number of nitrogens with one attached hydrogen (secondary N) is 1. The van der Waals surface area contributed by atoms with Gasteiger partial charge in [0.25, 0.3) is 5.91 Å². The van der Waals surface area contributed by atoms with Crippen LogP contribution in [-0.4, -0.2) is 66.8 Å². The average molecular weight is 406 g/mol. The number of amides is 3. The molecule has 2 aromatic rings. The Labute approximate surface area is 176 Å². The first kappa shape index (κ1) is 20.1. The van der Waals surface area contributed by atoms with E-state index in [0.29, 0.717) is 50.4 Å². The number of anilines is 2. The van der Waals surface area contributed by atoms with Crippen LogP contribution in [0.4, 0.5) is 11.4 Å². The van der Waals surface area contributed by atoms with E-state index in [0.717, 1.165) is 18.7 Å². The van der Waals surface area contributed by atoms with Crippen molar-refractivity contribution >= 4 is 29.1 Å². The third-order valence-corrected chi connectivity index (χ3v) is 5.58. The predicted molar refractivity (Wildman–Crippen MR) is 115 cm³/mol. The summed E-state index contributed by atoms with van der Waals surface area (Å²) in [6.45, 7) is 3.60. The Morgan fingerprint density at radius 2 is 1.57 bits per heavy atom. The number of carbonyl (C=O) groups excluding carboxylic acids is 3. The van der Waals surface area contributed by atoms with E-state index < -0.39 is 0 Å². The van der Waals surface area contributed by atoms with Crippen LogP contribution in [0.1, 0.15) is 23.2 Å². The van der Waals surface area contributed by atoms with Crippen LogP contribution < -0.4 is 10.2 Å². The van der Waals surface area contributed by atoms with Crippen molar-refractivity contribution in [1.82, 2.24) is 9.80 Å². The highest BCUT2D eigenvalue weighted by Crippen LogP contribution is 2.23. The van der Waals surface area contributed by atoms with Gasteiger partial charge in [0, 0.05) is 56.1 Å². The van der Waals surface area contributed by atoms with Gasteiger partial charge in [0.1, 0.15) is 0 Å². The van der Waals surface area contributed by atoms with E-state index in [9.17, 15) is 14.4 Å². The van der Waals surface area contributed by atoms with Crippen molar-refractivity contribution in [2.75, 3.05) is 49.5 Å². The number of carbonyl (C=O) groups is 3. The van der Waals surface area contributed by atoms with Gasteiger partial charge >= 0.3 is 0 Å². The number of hydrogen-bond acceptors (Lipinski definition) is 4. The predicted octanol–water partition coefficient (Wildman–Crippen LogP) is 2.21. The van der Waals surface area contributed by atoms with E-state index >= 15 is 0 Å². The Bertz CT molecular complexity index is 906. The number of hydrogen-bond donors (Lipinski definition) is 1. The molecule has 7 nitrogen and oxygen atoms in total. The third kappa shape index (κ3) is 4.68. The summed E-state index contributed by atoms with van der Waals surface area (Å²) < 4.78 is 0. The van der Waals surface area contributed by atoms with E-state index in [1.54, 1.807) is 4.90 Å². The van der Waals surface area contributed by atoms with Crippen molar-refractivity contribution < 1.29 is 14.4 Å². The SMILES string of the molecule is O=C(CN1CCN(C(=O)c2ccccc2)CC1)Nc1ccc(N2CCCC2=O)cc1. The topological polar surface area (TPSA) is 73.0 Å². The molecule has 2 aliphatic heterocycles. The zero-order valence-corrected chi connectivity index (χ0v) is 16.9. The van der Waals surface area contributed by atoms with Crippen LogP contribution in [0.2, 0.25) is 0 Å². The van der Waals surface area contributed by atoms with Gasteiger partial charge in [0.2, 0.25) is 11.8 Å². The van der Waals surface area contributed by atoms with E-state index in [1.807, 2.05) is 59.5 Å². The van der Waals surface area contributed by atoms with E-state index in [2.05, 4.69) is 10.2 Å². The summed E-state index contributed by atoms with van der Waals surface area (Å²) in [5.41, 5.74) is 2.28. The molecule has 0 aliphatic carbocycles. The maximum Gasteiger partial charge on any atom is 0.253 e. The zero-order valence-electron chi connectivity index (χ0n) is 16.9. The molecule has 4 rings (SSSR count). The summed E-state index contributed by atoms with van der Waals surface area (Å²) in [6.07, 6.45) is 1.49. The highest BCUT2D eigenvalue weighted by molar-refractivity contribution is 5.96. The largest absolute Gasteiger partial charge is 0.336 e. The molecule has 0 atom stereocenters. The lowest BCUT2D eigenvalue weighted by Gasteiger charge is -2.34. The zero-order chi connectivity index (χ0) is 20.9. The number of nitrogens with zero attached hydrogens (tertiary/aromatic N) is 3. The molecule has 2 aliphatic rings. The number of benzene rings is 2. The fraction of sp³-hybridized carbons (Fsp3) is 0.348. The second kappa shape index (κ2) is 9.09. The van der Waals surface area contributed by atoms with Crippen LogP contribution in [0, 0.1) is 0 Å². The van der Waals surface area contributed by atoms with Gasteiger partial charge < -0.3 is 15.1 Å². The summed E-state index contributed by atoms with van der Waals surface area (Å²) in [7, 11) is 0. The van der Waals surface area contributed by atoms with E-state index in [1.165, 1.54) is 0 Å². The van der Waals surface area contributed by atoms with Gasteiger partial charge in [-0.1, -0.05) is 18.2 Å². The van der Waals surface area contributed by atoms with Crippen molar-refractivity contribution in [3.05, 3.63) is 60.2 Å². The van der Waals surface area contributed by atoms with Crippen molar-refractivity contribution in [2.45, 2.75) is 12.8 Å². The Balaban J connectivity index is 1.24. The molecule has 0 radical (unpaired) electrons. The first-order chi connectivity index (χ1) is 14.6. The van der Waals surface area contributed by atoms with Gasteiger partial charge in [-0.3, -0.25) is 19.3 Å². The molecule has 2 fully saturated rings. The normalized spacial score (nSPS) is 17.3. The Morgan fingerprint density at radius 1 is 0.867 bits per heavy atom. The van der Waals surface area contributed by atoms with Crippen molar-refractivity contribution in [3.8, 4) is 0 Å². The van der Waals surface area contributed by atoms with Crippen LogP contribution in [-0.2, 0) is 9.59 Å². The van der Waals surface area contributed by atoms with Gasteiger partial charge in [-0.15, -0.1) is 0 Å². The molecule has 1 N–H and O–H groups in total. The van der Waals surface area contributed by atoms with Gasteiger partial charge in [-0.25, -0.2) is 0 Å².